The predicted octanol–water partition coefficient (Wildman–Crippen LogP) is 3.89. The number of carbonyl (C=O) groups is 1. The largest absolute Gasteiger partial charge is 0.383 e. The van der Waals surface area contributed by atoms with E-state index in [-0.39, 0.29) is 5.91 Å². The van der Waals surface area contributed by atoms with Gasteiger partial charge < -0.3 is 15.1 Å². The van der Waals surface area contributed by atoms with Crippen LogP contribution in [0.1, 0.15) is 12.5 Å². The van der Waals surface area contributed by atoms with E-state index >= 15 is 0 Å². The molecule has 0 bridgehead atoms. The Hall–Kier alpha value is -2.34. The maximum absolute atomic E-state index is 12.0. The first-order chi connectivity index (χ1) is 11.5. The van der Waals surface area contributed by atoms with Crippen molar-refractivity contribution in [2.45, 2.75) is 13.0 Å². The number of oxime groups is 1. The van der Waals surface area contributed by atoms with Gasteiger partial charge in [-0.2, -0.15) is 0 Å². The zero-order valence-electron chi connectivity index (χ0n) is 13.9. The second kappa shape index (κ2) is 8.49. The van der Waals surface area contributed by atoms with Gasteiger partial charge in [0.05, 0.1) is 6.21 Å². The number of carbonyl (C=O) groups excluding carboxylic acids is 1. The summed E-state index contributed by atoms with van der Waals surface area (Å²) in [4.78, 5) is 19.3. The number of hydrogen-bond donors (Lipinski definition) is 1. The standard InChI is InChI=1S/C18H20BrN3O2/c1-13(18(23)21-16-8-6-15(19)7-9-16)24-20-12-14-4-10-17(11-5-14)22(2)3/h4-13H,1-3H3,(H,21,23)/b20-12+. The van der Waals surface area contributed by atoms with Crippen LogP contribution in [0.3, 0.4) is 0 Å². The molecule has 6 heteroatoms. The highest BCUT2D eigenvalue weighted by atomic mass is 79.9. The maximum atomic E-state index is 12.0. The highest BCUT2D eigenvalue weighted by molar-refractivity contribution is 9.10. The van der Waals surface area contributed by atoms with E-state index in [1.807, 2.05) is 67.5 Å². The summed E-state index contributed by atoms with van der Waals surface area (Å²) in [5.41, 5.74) is 2.72. The van der Waals surface area contributed by atoms with E-state index in [0.29, 0.717) is 5.69 Å². The smallest absolute Gasteiger partial charge is 0.267 e. The zero-order chi connectivity index (χ0) is 17.5. The van der Waals surface area contributed by atoms with Crippen molar-refractivity contribution < 1.29 is 9.63 Å². The van der Waals surface area contributed by atoms with Crippen LogP contribution in [0.25, 0.3) is 0 Å². The number of rotatable bonds is 6. The van der Waals surface area contributed by atoms with Gasteiger partial charge in [-0.25, -0.2) is 0 Å². The van der Waals surface area contributed by atoms with Gasteiger partial charge in [0.15, 0.2) is 0 Å². The first-order valence-corrected chi connectivity index (χ1v) is 8.28. The van der Waals surface area contributed by atoms with Gasteiger partial charge in [-0.1, -0.05) is 33.2 Å². The molecule has 1 N–H and O–H groups in total. The first kappa shape index (κ1) is 18.0. The zero-order valence-corrected chi connectivity index (χ0v) is 15.4. The summed E-state index contributed by atoms with van der Waals surface area (Å²) >= 11 is 3.35. The van der Waals surface area contributed by atoms with Crippen molar-refractivity contribution in [1.29, 1.82) is 0 Å². The molecule has 0 saturated carbocycles. The Labute approximate surface area is 150 Å². The number of anilines is 2. The van der Waals surface area contributed by atoms with Crippen molar-refractivity contribution in [3.05, 3.63) is 58.6 Å². The van der Waals surface area contributed by atoms with Crippen LogP contribution in [0.2, 0.25) is 0 Å². The van der Waals surface area contributed by atoms with Crippen LogP contribution >= 0.6 is 15.9 Å². The summed E-state index contributed by atoms with van der Waals surface area (Å²) in [6.07, 6.45) is 0.897. The van der Waals surface area contributed by atoms with Gasteiger partial charge in [0.2, 0.25) is 6.10 Å². The van der Waals surface area contributed by atoms with Crippen molar-refractivity contribution in [3.8, 4) is 0 Å². The Morgan fingerprint density at radius 2 is 1.79 bits per heavy atom. The van der Waals surface area contributed by atoms with Gasteiger partial charge in [-0.05, 0) is 48.9 Å². The Kier molecular flexibility index (Phi) is 6.37. The summed E-state index contributed by atoms with van der Waals surface area (Å²) in [5, 5.41) is 6.66. The van der Waals surface area contributed by atoms with Gasteiger partial charge in [0.1, 0.15) is 0 Å². The van der Waals surface area contributed by atoms with E-state index < -0.39 is 6.10 Å². The van der Waals surface area contributed by atoms with Crippen LogP contribution in [0, 0.1) is 0 Å². The normalized spacial score (nSPS) is 12.0. The Bertz CT molecular complexity index is 697. The molecule has 0 aliphatic carbocycles. The molecule has 0 saturated heterocycles. The lowest BCUT2D eigenvalue weighted by atomic mass is 10.2. The minimum atomic E-state index is -0.689. The lowest BCUT2D eigenvalue weighted by molar-refractivity contribution is -0.126. The number of nitrogens with zero attached hydrogens (tertiary/aromatic N) is 2. The molecular weight excluding hydrogens is 370 g/mol. The van der Waals surface area contributed by atoms with Gasteiger partial charge in [0, 0.05) is 29.9 Å². The van der Waals surface area contributed by atoms with E-state index in [9.17, 15) is 4.79 Å². The van der Waals surface area contributed by atoms with Crippen molar-refractivity contribution in [1.82, 2.24) is 0 Å². The number of hydrogen-bond acceptors (Lipinski definition) is 4. The number of nitrogens with one attached hydrogen (secondary N) is 1. The molecule has 24 heavy (non-hydrogen) atoms. The van der Waals surface area contributed by atoms with Crippen molar-refractivity contribution in [3.63, 3.8) is 0 Å². The molecule has 1 amide bonds. The highest BCUT2D eigenvalue weighted by Gasteiger charge is 2.14. The SMILES string of the molecule is CC(O/N=C/c1ccc(N(C)C)cc1)C(=O)Nc1ccc(Br)cc1. The number of amides is 1. The predicted molar refractivity (Wildman–Crippen MR) is 102 cm³/mol. The quantitative estimate of drug-likeness (QED) is 0.602. The summed E-state index contributed by atoms with van der Waals surface area (Å²) in [5.74, 6) is -0.252. The molecule has 0 aliphatic heterocycles. The fourth-order valence-electron chi connectivity index (χ4n) is 1.87. The van der Waals surface area contributed by atoms with Gasteiger partial charge in [0.25, 0.3) is 5.91 Å². The fraction of sp³-hybridized carbons (Fsp3) is 0.222. The third-order valence-corrected chi connectivity index (χ3v) is 3.84. The van der Waals surface area contributed by atoms with Crippen LogP contribution in [-0.2, 0) is 9.63 Å². The van der Waals surface area contributed by atoms with Crippen LogP contribution in [0.4, 0.5) is 11.4 Å². The monoisotopic (exact) mass is 389 g/mol. The van der Waals surface area contributed by atoms with Crippen LogP contribution in [-0.4, -0.2) is 32.3 Å². The first-order valence-electron chi connectivity index (χ1n) is 7.49. The number of benzene rings is 2. The Morgan fingerprint density at radius 3 is 2.38 bits per heavy atom. The van der Waals surface area contributed by atoms with E-state index in [1.54, 1.807) is 13.1 Å². The molecule has 0 spiro atoms. The fourth-order valence-corrected chi connectivity index (χ4v) is 2.13. The third-order valence-electron chi connectivity index (χ3n) is 3.31. The van der Waals surface area contributed by atoms with E-state index in [4.69, 9.17) is 4.84 Å². The second-order valence-corrected chi connectivity index (χ2v) is 6.38. The molecule has 0 fully saturated rings. The molecule has 1 atom stereocenters. The molecule has 0 radical (unpaired) electrons. The minimum absolute atomic E-state index is 0.252. The molecular formula is C18H20BrN3O2. The van der Waals surface area contributed by atoms with Crippen LogP contribution < -0.4 is 10.2 Å². The lowest BCUT2D eigenvalue weighted by Gasteiger charge is -2.12. The molecule has 5 nitrogen and oxygen atoms in total. The van der Waals surface area contributed by atoms with Crippen LogP contribution in [0.5, 0.6) is 0 Å². The van der Waals surface area contributed by atoms with Crippen molar-refractivity contribution >= 4 is 39.4 Å². The number of halogens is 1. The van der Waals surface area contributed by atoms with Crippen molar-refractivity contribution in [2.75, 3.05) is 24.3 Å². The van der Waals surface area contributed by atoms with E-state index in [1.165, 1.54) is 0 Å². The summed E-state index contributed by atoms with van der Waals surface area (Å²) in [6.45, 7) is 1.65. The molecule has 2 rings (SSSR count). The Balaban J connectivity index is 1.86. The maximum Gasteiger partial charge on any atom is 0.267 e. The molecule has 2 aromatic carbocycles. The van der Waals surface area contributed by atoms with E-state index in [2.05, 4.69) is 26.4 Å². The summed E-state index contributed by atoms with van der Waals surface area (Å²) in [7, 11) is 3.97. The van der Waals surface area contributed by atoms with Crippen LogP contribution in [0.15, 0.2) is 58.2 Å². The topological polar surface area (TPSA) is 53.9 Å². The van der Waals surface area contributed by atoms with E-state index in [0.717, 1.165) is 15.7 Å². The molecule has 1 unspecified atom stereocenters. The van der Waals surface area contributed by atoms with Gasteiger partial charge >= 0.3 is 0 Å². The average Bonchev–Trinajstić information content (AvgIpc) is 2.57. The Morgan fingerprint density at radius 1 is 1.17 bits per heavy atom. The molecule has 0 heterocycles. The van der Waals surface area contributed by atoms with Crippen molar-refractivity contribution in [2.24, 2.45) is 5.16 Å². The lowest BCUT2D eigenvalue weighted by Crippen LogP contribution is -2.26. The molecule has 0 aromatic heterocycles. The summed E-state index contributed by atoms with van der Waals surface area (Å²) in [6, 6.07) is 15.2. The third kappa shape index (κ3) is 5.38. The molecule has 0 aliphatic rings. The van der Waals surface area contributed by atoms with Gasteiger partial charge in [-0.15, -0.1) is 0 Å². The highest BCUT2D eigenvalue weighted by Crippen LogP contribution is 2.14. The summed E-state index contributed by atoms with van der Waals surface area (Å²) < 4.78 is 0.953. The minimum Gasteiger partial charge on any atom is -0.383 e. The molecule has 2 aromatic rings. The average molecular weight is 390 g/mol. The second-order valence-electron chi connectivity index (χ2n) is 5.46. The molecule has 126 valence electrons. The van der Waals surface area contributed by atoms with Gasteiger partial charge in [-0.3, -0.25) is 4.79 Å².